The second-order valence-electron chi connectivity index (χ2n) is 5.57. The molecule has 1 aliphatic rings. The van der Waals surface area contributed by atoms with Crippen LogP contribution in [0.1, 0.15) is 39.5 Å². The summed E-state index contributed by atoms with van der Waals surface area (Å²) in [5.74, 6) is 0.426. The molecule has 1 heterocycles. The van der Waals surface area contributed by atoms with E-state index in [1.807, 2.05) is 13.1 Å². The Balaban J connectivity index is 1.80. The Hall–Kier alpha value is -1.56. The minimum Gasteiger partial charge on any atom is -0.487 e. The van der Waals surface area contributed by atoms with E-state index in [1.165, 1.54) is 0 Å². The second-order valence-corrected chi connectivity index (χ2v) is 5.57. The Bertz CT molecular complexity index is 464. The van der Waals surface area contributed by atoms with Crippen molar-refractivity contribution in [1.82, 2.24) is 9.78 Å². The van der Waals surface area contributed by atoms with Crippen molar-refractivity contribution in [3.05, 3.63) is 12.4 Å². The summed E-state index contributed by atoms with van der Waals surface area (Å²) in [7, 11) is 0. The topological polar surface area (TPSA) is 73.6 Å². The molecule has 21 heavy (non-hydrogen) atoms. The molecule has 1 aromatic heterocycles. The smallest absolute Gasteiger partial charge is 0.308 e. The number of aliphatic hydroxyl groups is 1. The van der Waals surface area contributed by atoms with Gasteiger partial charge in [0, 0.05) is 6.54 Å². The summed E-state index contributed by atoms with van der Waals surface area (Å²) in [5, 5.41) is 14.6. The molecule has 0 unspecified atom stereocenters. The van der Waals surface area contributed by atoms with Crippen molar-refractivity contribution >= 4 is 5.97 Å². The number of rotatable bonds is 6. The first-order valence-corrected chi connectivity index (χ1v) is 7.60. The lowest BCUT2D eigenvalue weighted by atomic mass is 9.79. The molecule has 0 radical (unpaired) electrons. The molecule has 1 aromatic rings. The highest BCUT2D eigenvalue weighted by Gasteiger charge is 2.37. The molecule has 0 aliphatic heterocycles. The zero-order valence-electron chi connectivity index (χ0n) is 12.7. The van der Waals surface area contributed by atoms with Gasteiger partial charge in [-0.2, -0.15) is 5.10 Å². The molecule has 1 saturated carbocycles. The van der Waals surface area contributed by atoms with Crippen molar-refractivity contribution in [2.75, 3.05) is 13.2 Å². The highest BCUT2D eigenvalue weighted by Crippen LogP contribution is 2.33. The zero-order valence-corrected chi connectivity index (χ0v) is 12.7. The summed E-state index contributed by atoms with van der Waals surface area (Å²) in [5.41, 5.74) is -0.864. The van der Waals surface area contributed by atoms with Gasteiger partial charge < -0.3 is 14.6 Å². The summed E-state index contributed by atoms with van der Waals surface area (Å²) < 4.78 is 12.4. The number of aromatic nitrogens is 2. The van der Waals surface area contributed by atoms with E-state index in [4.69, 9.17) is 9.47 Å². The number of hydrogen-bond acceptors (Lipinski definition) is 5. The molecule has 2 rings (SSSR count). The number of esters is 1. The Morgan fingerprint density at radius 2 is 2.19 bits per heavy atom. The predicted molar refractivity (Wildman–Crippen MR) is 76.9 cm³/mol. The van der Waals surface area contributed by atoms with Crippen LogP contribution in [0.25, 0.3) is 0 Å². The highest BCUT2D eigenvalue weighted by atomic mass is 16.5. The number of carbonyl (C=O) groups is 1. The first-order valence-electron chi connectivity index (χ1n) is 7.60. The molecule has 0 aromatic carbocycles. The van der Waals surface area contributed by atoms with E-state index < -0.39 is 5.60 Å². The van der Waals surface area contributed by atoms with Gasteiger partial charge in [-0.1, -0.05) is 0 Å². The van der Waals surface area contributed by atoms with Crippen LogP contribution in [0.15, 0.2) is 12.4 Å². The first kappa shape index (κ1) is 15.8. The minimum atomic E-state index is -0.864. The van der Waals surface area contributed by atoms with Crippen LogP contribution >= 0.6 is 0 Å². The van der Waals surface area contributed by atoms with Crippen molar-refractivity contribution < 1.29 is 19.4 Å². The Morgan fingerprint density at radius 1 is 1.48 bits per heavy atom. The normalized spacial score (nSPS) is 25.6. The van der Waals surface area contributed by atoms with Crippen LogP contribution in [0.2, 0.25) is 0 Å². The molecule has 0 spiro atoms. The van der Waals surface area contributed by atoms with Crippen molar-refractivity contribution in [1.29, 1.82) is 0 Å². The van der Waals surface area contributed by atoms with Gasteiger partial charge >= 0.3 is 5.97 Å². The average molecular weight is 296 g/mol. The van der Waals surface area contributed by atoms with Crippen molar-refractivity contribution in [2.24, 2.45) is 5.92 Å². The average Bonchev–Trinajstić information content (AvgIpc) is 2.94. The molecule has 1 N–H and O–H groups in total. The maximum atomic E-state index is 11.7. The van der Waals surface area contributed by atoms with Crippen LogP contribution < -0.4 is 4.74 Å². The van der Waals surface area contributed by atoms with Gasteiger partial charge in [0.25, 0.3) is 0 Å². The molecule has 0 bridgehead atoms. The van der Waals surface area contributed by atoms with Crippen LogP contribution in [0.4, 0.5) is 0 Å². The Labute approximate surface area is 125 Å². The van der Waals surface area contributed by atoms with Crippen LogP contribution in [0, 0.1) is 5.92 Å². The van der Waals surface area contributed by atoms with Crippen molar-refractivity contribution in [2.45, 2.75) is 51.7 Å². The van der Waals surface area contributed by atoms with Crippen molar-refractivity contribution in [3.8, 4) is 5.75 Å². The van der Waals surface area contributed by atoms with E-state index in [2.05, 4.69) is 5.10 Å². The summed E-state index contributed by atoms with van der Waals surface area (Å²) >= 11 is 0. The number of nitrogens with zero attached hydrogens (tertiary/aromatic N) is 2. The monoisotopic (exact) mass is 296 g/mol. The van der Waals surface area contributed by atoms with Crippen molar-refractivity contribution in [3.63, 3.8) is 0 Å². The molecule has 0 amide bonds. The van der Waals surface area contributed by atoms with E-state index in [9.17, 15) is 9.90 Å². The van der Waals surface area contributed by atoms with Gasteiger partial charge in [0.1, 0.15) is 6.61 Å². The number of ether oxygens (including phenoxy) is 2. The lowest BCUT2D eigenvalue weighted by Crippen LogP contribution is -2.41. The largest absolute Gasteiger partial charge is 0.487 e. The van der Waals surface area contributed by atoms with Crippen LogP contribution in [0.5, 0.6) is 5.75 Å². The lowest BCUT2D eigenvalue weighted by molar-refractivity contribution is -0.151. The molecule has 1 fully saturated rings. The molecule has 118 valence electrons. The highest BCUT2D eigenvalue weighted by molar-refractivity contribution is 5.72. The Kier molecular flexibility index (Phi) is 5.22. The lowest BCUT2D eigenvalue weighted by Gasteiger charge is -2.34. The molecular weight excluding hydrogens is 272 g/mol. The third kappa shape index (κ3) is 4.20. The molecular formula is C15H24N2O4. The quantitative estimate of drug-likeness (QED) is 0.810. The van der Waals surface area contributed by atoms with E-state index in [-0.39, 0.29) is 18.5 Å². The number of hydrogen-bond donors (Lipinski definition) is 1. The van der Waals surface area contributed by atoms with E-state index >= 15 is 0 Å². The molecule has 0 atom stereocenters. The molecule has 1 aliphatic carbocycles. The fourth-order valence-electron chi connectivity index (χ4n) is 2.61. The maximum absolute atomic E-state index is 11.7. The summed E-state index contributed by atoms with van der Waals surface area (Å²) in [6.07, 6.45) is 5.86. The number of aryl methyl sites for hydroxylation is 1. The standard InChI is InChI=1S/C15H24N2O4/c1-3-17-10-13(9-16-17)21-11-15(19)7-5-12(6-8-15)14(18)20-4-2/h9-10,12,19H,3-8,11H2,1-2H3. The van der Waals surface area contributed by atoms with Gasteiger partial charge in [-0.15, -0.1) is 0 Å². The molecule has 6 nitrogen and oxygen atoms in total. The fraction of sp³-hybridized carbons (Fsp3) is 0.733. The first-order chi connectivity index (χ1) is 10.1. The summed E-state index contributed by atoms with van der Waals surface area (Å²) in [4.78, 5) is 11.7. The molecule has 0 saturated heterocycles. The predicted octanol–water partition coefficient (Wildman–Crippen LogP) is 1.77. The molecule has 6 heteroatoms. The summed E-state index contributed by atoms with van der Waals surface area (Å²) in [6, 6.07) is 0. The SMILES string of the molecule is CCOC(=O)C1CCC(O)(COc2cnn(CC)c2)CC1. The van der Waals surface area contributed by atoms with E-state index in [1.54, 1.807) is 17.8 Å². The van der Waals surface area contributed by atoms with Gasteiger partial charge in [0.05, 0.1) is 30.5 Å². The minimum absolute atomic E-state index is 0.0898. The van der Waals surface area contributed by atoms with Crippen LogP contribution in [0.3, 0.4) is 0 Å². The Morgan fingerprint density at radius 3 is 2.76 bits per heavy atom. The summed E-state index contributed by atoms with van der Waals surface area (Å²) in [6.45, 7) is 5.24. The zero-order chi connectivity index (χ0) is 15.3. The van der Waals surface area contributed by atoms with Gasteiger partial charge in [-0.05, 0) is 39.5 Å². The van der Waals surface area contributed by atoms with Gasteiger partial charge in [-0.3, -0.25) is 9.48 Å². The fourth-order valence-corrected chi connectivity index (χ4v) is 2.61. The van der Waals surface area contributed by atoms with Gasteiger partial charge in [0.15, 0.2) is 5.75 Å². The van der Waals surface area contributed by atoms with Crippen LogP contribution in [-0.2, 0) is 16.1 Å². The third-order valence-electron chi connectivity index (χ3n) is 3.98. The third-order valence-corrected chi connectivity index (χ3v) is 3.98. The van der Waals surface area contributed by atoms with Crippen LogP contribution in [-0.4, -0.2) is 39.7 Å². The maximum Gasteiger partial charge on any atom is 0.308 e. The van der Waals surface area contributed by atoms with Gasteiger partial charge in [0.2, 0.25) is 0 Å². The second kappa shape index (κ2) is 6.93. The van der Waals surface area contributed by atoms with E-state index in [0.29, 0.717) is 38.0 Å². The van der Waals surface area contributed by atoms with E-state index in [0.717, 1.165) is 6.54 Å². The van der Waals surface area contributed by atoms with Gasteiger partial charge in [-0.25, -0.2) is 0 Å². The number of carbonyl (C=O) groups excluding carboxylic acids is 1.